The lowest BCUT2D eigenvalue weighted by Crippen LogP contribution is -2.68. The number of carbonyl (C=O) groups is 3. The largest absolute Gasteiger partial charge is 0.445 e. The third kappa shape index (κ3) is 4.06. The molecule has 4 rings (SSSR count). The molecule has 2 atom stereocenters. The summed E-state index contributed by atoms with van der Waals surface area (Å²) in [5.74, 6) is -1.12. The van der Waals surface area contributed by atoms with Gasteiger partial charge in [-0.3, -0.25) is 19.4 Å². The van der Waals surface area contributed by atoms with E-state index < -0.39 is 18.2 Å². The molecule has 2 saturated heterocycles. The maximum Gasteiger partial charge on any atom is 0.411 e. The first-order valence-electron chi connectivity index (χ1n) is 10.1. The number of hydrogen-bond acceptors (Lipinski definition) is 4. The van der Waals surface area contributed by atoms with Gasteiger partial charge in [0, 0.05) is 6.54 Å². The summed E-state index contributed by atoms with van der Waals surface area (Å²) in [6.45, 7) is 0.252. The van der Waals surface area contributed by atoms with Crippen LogP contribution in [0.25, 0.3) is 0 Å². The standard InChI is InChI=1S/C23H23FN2O4/c24-18-9-4-8-16(14-18)12-13-25-21(27)19-10-5-11-20(22(25)28)26(19)23(29)30-15-17-6-2-1-3-7-17/h1-4,6-9,14,19-20H,5,10-13,15H2/t19-,20+. The smallest absolute Gasteiger partial charge is 0.411 e. The molecule has 2 bridgehead atoms. The van der Waals surface area contributed by atoms with Crippen LogP contribution in [0.2, 0.25) is 0 Å². The predicted octanol–water partition coefficient (Wildman–Crippen LogP) is 3.30. The van der Waals surface area contributed by atoms with Crippen molar-refractivity contribution < 1.29 is 23.5 Å². The molecule has 30 heavy (non-hydrogen) atoms. The molecule has 6 nitrogen and oxygen atoms in total. The summed E-state index contributed by atoms with van der Waals surface area (Å²) in [7, 11) is 0. The summed E-state index contributed by atoms with van der Waals surface area (Å²) in [6, 6.07) is 14.0. The second kappa shape index (κ2) is 8.65. The molecule has 2 aliphatic heterocycles. The molecule has 156 valence electrons. The number of amides is 3. The molecule has 0 N–H and O–H groups in total. The highest BCUT2D eigenvalue weighted by Gasteiger charge is 2.50. The van der Waals surface area contributed by atoms with Crippen LogP contribution in [0.1, 0.15) is 30.4 Å². The van der Waals surface area contributed by atoms with Gasteiger partial charge in [0.2, 0.25) is 0 Å². The second-order valence-corrected chi connectivity index (χ2v) is 7.62. The Labute approximate surface area is 174 Å². The van der Waals surface area contributed by atoms with E-state index in [1.165, 1.54) is 21.9 Å². The van der Waals surface area contributed by atoms with Gasteiger partial charge >= 0.3 is 6.09 Å². The number of rotatable bonds is 5. The topological polar surface area (TPSA) is 66.9 Å². The minimum Gasteiger partial charge on any atom is -0.445 e. The highest BCUT2D eigenvalue weighted by molar-refractivity contribution is 6.05. The molecule has 0 spiro atoms. The van der Waals surface area contributed by atoms with Crippen LogP contribution in [0.15, 0.2) is 54.6 Å². The lowest BCUT2D eigenvalue weighted by Gasteiger charge is -2.46. The summed E-state index contributed by atoms with van der Waals surface area (Å²) < 4.78 is 18.8. The molecular formula is C23H23FN2O4. The Morgan fingerprint density at radius 3 is 2.30 bits per heavy atom. The van der Waals surface area contributed by atoms with Crippen molar-refractivity contribution in [3.05, 3.63) is 71.5 Å². The quantitative estimate of drug-likeness (QED) is 0.710. The molecule has 2 aliphatic rings. The van der Waals surface area contributed by atoms with Gasteiger partial charge in [-0.2, -0.15) is 0 Å². The number of carbonyl (C=O) groups excluding carboxylic acids is 3. The number of benzene rings is 2. The number of ether oxygens (including phenoxy) is 1. The molecule has 0 unspecified atom stereocenters. The molecular weight excluding hydrogens is 387 g/mol. The number of hydrogen-bond donors (Lipinski definition) is 0. The van der Waals surface area contributed by atoms with Crippen LogP contribution in [0, 0.1) is 5.82 Å². The SMILES string of the molecule is O=C1[C@H]2CCC[C@@H](C(=O)N1CCc1cccc(F)c1)N2C(=O)OCc1ccccc1. The van der Waals surface area contributed by atoms with Gasteiger partial charge < -0.3 is 4.74 Å². The number of likely N-dealkylation sites (tertiary alicyclic amines) is 1. The lowest BCUT2D eigenvalue weighted by atomic mass is 9.90. The van der Waals surface area contributed by atoms with Crippen LogP contribution in [0.5, 0.6) is 0 Å². The van der Waals surface area contributed by atoms with Gasteiger partial charge in [-0.1, -0.05) is 42.5 Å². The van der Waals surface area contributed by atoms with Crippen molar-refractivity contribution >= 4 is 17.9 Å². The normalized spacial score (nSPS) is 21.0. The fourth-order valence-corrected chi connectivity index (χ4v) is 4.16. The molecule has 7 heteroatoms. The second-order valence-electron chi connectivity index (χ2n) is 7.62. The average Bonchev–Trinajstić information content (AvgIpc) is 2.76. The van der Waals surface area contributed by atoms with E-state index in [4.69, 9.17) is 4.74 Å². The van der Waals surface area contributed by atoms with Crippen molar-refractivity contribution in [1.29, 1.82) is 0 Å². The first-order valence-corrected chi connectivity index (χ1v) is 10.1. The monoisotopic (exact) mass is 410 g/mol. The van der Waals surface area contributed by atoms with E-state index in [0.717, 1.165) is 5.56 Å². The van der Waals surface area contributed by atoms with Crippen molar-refractivity contribution in [2.45, 2.75) is 44.4 Å². The van der Waals surface area contributed by atoms with Crippen molar-refractivity contribution in [3.8, 4) is 0 Å². The van der Waals surface area contributed by atoms with Crippen molar-refractivity contribution in [2.24, 2.45) is 0 Å². The fraction of sp³-hybridized carbons (Fsp3) is 0.348. The van der Waals surface area contributed by atoms with E-state index in [1.54, 1.807) is 12.1 Å². The zero-order valence-electron chi connectivity index (χ0n) is 16.5. The van der Waals surface area contributed by atoms with Crippen molar-refractivity contribution in [3.63, 3.8) is 0 Å². The molecule has 0 radical (unpaired) electrons. The lowest BCUT2D eigenvalue weighted by molar-refractivity contribution is -0.162. The van der Waals surface area contributed by atoms with E-state index in [0.29, 0.717) is 31.2 Å². The van der Waals surface area contributed by atoms with Crippen LogP contribution in [0.3, 0.4) is 0 Å². The molecule has 0 aromatic heterocycles. The summed E-state index contributed by atoms with van der Waals surface area (Å²) >= 11 is 0. The average molecular weight is 410 g/mol. The van der Waals surface area contributed by atoms with E-state index >= 15 is 0 Å². The fourth-order valence-electron chi connectivity index (χ4n) is 4.16. The van der Waals surface area contributed by atoms with Crippen molar-refractivity contribution in [1.82, 2.24) is 9.80 Å². The van der Waals surface area contributed by atoms with Gasteiger partial charge in [-0.05, 0) is 48.9 Å². The number of piperidine rings is 1. The highest BCUT2D eigenvalue weighted by atomic mass is 19.1. The number of imide groups is 1. The molecule has 0 saturated carbocycles. The molecule has 0 aliphatic carbocycles. The van der Waals surface area contributed by atoms with Crippen molar-refractivity contribution in [2.75, 3.05) is 6.54 Å². The Hall–Kier alpha value is -3.22. The highest BCUT2D eigenvalue weighted by Crippen LogP contribution is 2.31. The van der Waals surface area contributed by atoms with Gasteiger partial charge in [-0.15, -0.1) is 0 Å². The van der Waals surface area contributed by atoms with E-state index in [1.807, 2.05) is 30.3 Å². The molecule has 2 aromatic rings. The Balaban J connectivity index is 1.45. The maximum absolute atomic E-state index is 13.4. The predicted molar refractivity (Wildman–Crippen MR) is 107 cm³/mol. The molecule has 2 aromatic carbocycles. The Morgan fingerprint density at radius 1 is 0.967 bits per heavy atom. The third-order valence-electron chi connectivity index (χ3n) is 5.66. The summed E-state index contributed by atoms with van der Waals surface area (Å²) in [5, 5.41) is 0. The van der Waals surface area contributed by atoms with Gasteiger partial charge in [0.15, 0.2) is 0 Å². The van der Waals surface area contributed by atoms with E-state index in [-0.39, 0.29) is 30.8 Å². The van der Waals surface area contributed by atoms with Crippen LogP contribution < -0.4 is 0 Å². The number of halogens is 1. The minimum atomic E-state index is -0.697. The number of piperazine rings is 1. The van der Waals surface area contributed by atoms with Crippen LogP contribution >= 0.6 is 0 Å². The summed E-state index contributed by atoms with van der Waals surface area (Å²) in [5.41, 5.74) is 1.55. The maximum atomic E-state index is 13.4. The summed E-state index contributed by atoms with van der Waals surface area (Å²) in [6.07, 6.45) is 1.43. The van der Waals surface area contributed by atoms with Crippen LogP contribution in [-0.4, -0.2) is 46.3 Å². The summed E-state index contributed by atoms with van der Waals surface area (Å²) in [4.78, 5) is 41.3. The first kappa shape index (κ1) is 20.1. The van der Waals surface area contributed by atoms with Gasteiger partial charge in [-0.25, -0.2) is 9.18 Å². The van der Waals surface area contributed by atoms with Crippen LogP contribution in [0.4, 0.5) is 9.18 Å². The zero-order chi connectivity index (χ0) is 21.1. The number of fused-ring (bicyclic) bond motifs is 2. The molecule has 2 heterocycles. The Bertz CT molecular complexity index is 925. The van der Waals surface area contributed by atoms with Gasteiger partial charge in [0.25, 0.3) is 11.8 Å². The Morgan fingerprint density at radius 2 is 1.63 bits per heavy atom. The number of nitrogens with zero attached hydrogens (tertiary/aromatic N) is 2. The first-order chi connectivity index (χ1) is 14.5. The molecule has 3 amide bonds. The van der Waals surface area contributed by atoms with Crippen LogP contribution in [-0.2, 0) is 27.4 Å². The van der Waals surface area contributed by atoms with Gasteiger partial charge in [0.1, 0.15) is 24.5 Å². The third-order valence-corrected chi connectivity index (χ3v) is 5.66. The zero-order valence-corrected chi connectivity index (χ0v) is 16.5. The minimum absolute atomic E-state index is 0.0846. The van der Waals surface area contributed by atoms with E-state index in [2.05, 4.69) is 0 Å². The van der Waals surface area contributed by atoms with Gasteiger partial charge in [0.05, 0.1) is 0 Å². The Kier molecular flexibility index (Phi) is 5.79. The van der Waals surface area contributed by atoms with E-state index in [9.17, 15) is 18.8 Å². The molecule has 2 fully saturated rings.